The lowest BCUT2D eigenvalue weighted by molar-refractivity contribution is 0.122. The van der Waals surface area contributed by atoms with Gasteiger partial charge in [0.25, 0.3) is 6.43 Å². The van der Waals surface area contributed by atoms with Crippen molar-refractivity contribution >= 4 is 22.8 Å². The highest BCUT2D eigenvalue weighted by molar-refractivity contribution is 5.78. The van der Waals surface area contributed by atoms with E-state index in [1.807, 2.05) is 13.1 Å². The zero-order valence-corrected chi connectivity index (χ0v) is 18.7. The molecule has 1 aromatic carbocycles. The fourth-order valence-corrected chi connectivity index (χ4v) is 4.70. The highest BCUT2D eigenvalue weighted by Crippen LogP contribution is 2.30. The number of nitrogens with one attached hydrogen (secondary N) is 2. The molecule has 1 saturated heterocycles. The van der Waals surface area contributed by atoms with E-state index in [2.05, 4.69) is 20.5 Å². The van der Waals surface area contributed by atoms with Gasteiger partial charge in [-0.15, -0.1) is 0 Å². The molecule has 5 rings (SSSR count). The zero-order valence-electron chi connectivity index (χ0n) is 18.7. The Balaban J connectivity index is 1.55. The zero-order chi connectivity index (χ0) is 22.8. The average molecular weight is 458 g/mol. The monoisotopic (exact) mass is 457 g/mol. The Labute approximate surface area is 191 Å². The van der Waals surface area contributed by atoms with Gasteiger partial charge in [0.05, 0.1) is 24.2 Å². The van der Waals surface area contributed by atoms with E-state index in [0.717, 1.165) is 25.7 Å². The number of halogens is 2. The lowest BCUT2D eigenvalue weighted by atomic mass is 9.91. The topological polar surface area (TPSA) is 80.1 Å². The Bertz CT molecular complexity index is 1090. The van der Waals surface area contributed by atoms with Crippen LogP contribution >= 0.6 is 0 Å². The lowest BCUT2D eigenvalue weighted by Crippen LogP contribution is -2.37. The maximum absolute atomic E-state index is 14.0. The summed E-state index contributed by atoms with van der Waals surface area (Å²) in [5.41, 5.74) is 1.11. The number of para-hydroxylation sites is 2. The van der Waals surface area contributed by atoms with E-state index < -0.39 is 6.43 Å². The minimum atomic E-state index is -2.73. The second kappa shape index (κ2) is 9.56. The summed E-state index contributed by atoms with van der Waals surface area (Å²) in [6, 6.07) is 9.69. The largest absolute Gasteiger partial charge is 0.378 e. The lowest BCUT2D eigenvalue weighted by Gasteiger charge is -2.30. The number of aromatic nitrogens is 4. The second-order valence-corrected chi connectivity index (χ2v) is 8.58. The summed E-state index contributed by atoms with van der Waals surface area (Å²) in [4.78, 5) is 15.8. The van der Waals surface area contributed by atoms with E-state index in [1.54, 1.807) is 24.3 Å². The van der Waals surface area contributed by atoms with Crippen LogP contribution in [-0.2, 0) is 4.74 Å². The van der Waals surface area contributed by atoms with Gasteiger partial charge in [-0.25, -0.2) is 13.8 Å². The average Bonchev–Trinajstić information content (AvgIpc) is 3.25. The fourth-order valence-electron chi connectivity index (χ4n) is 4.70. The third-order valence-corrected chi connectivity index (χ3v) is 6.51. The van der Waals surface area contributed by atoms with Crippen LogP contribution in [-0.4, -0.2) is 65.0 Å². The van der Waals surface area contributed by atoms with Gasteiger partial charge in [0.2, 0.25) is 5.95 Å². The molecular formula is C23H29F2N7O. The summed E-state index contributed by atoms with van der Waals surface area (Å²) in [6.45, 7) is 2.59. The minimum absolute atomic E-state index is 0.247. The summed E-state index contributed by atoms with van der Waals surface area (Å²) in [7, 11) is 2.00. The summed E-state index contributed by atoms with van der Waals surface area (Å²) in [5.74, 6) is 1.23. The molecule has 2 aliphatic rings. The summed E-state index contributed by atoms with van der Waals surface area (Å²) < 4.78 is 34.9. The van der Waals surface area contributed by atoms with Gasteiger partial charge in [-0.3, -0.25) is 4.57 Å². The van der Waals surface area contributed by atoms with Crippen molar-refractivity contribution in [3.05, 3.63) is 36.2 Å². The molecular weight excluding hydrogens is 428 g/mol. The van der Waals surface area contributed by atoms with Crippen molar-refractivity contribution in [3.63, 3.8) is 0 Å². The quantitative estimate of drug-likeness (QED) is 0.586. The number of alkyl halides is 2. The number of fused-ring (bicyclic) bond motifs is 1. The number of hydrogen-bond acceptors (Lipinski definition) is 7. The van der Waals surface area contributed by atoms with Crippen molar-refractivity contribution in [1.29, 1.82) is 0 Å². The Morgan fingerprint density at radius 1 is 0.970 bits per heavy atom. The fraction of sp³-hybridized carbons (Fsp3) is 0.522. The highest BCUT2D eigenvalue weighted by atomic mass is 19.3. The van der Waals surface area contributed by atoms with Gasteiger partial charge in [0, 0.05) is 31.2 Å². The first kappa shape index (κ1) is 22.0. The van der Waals surface area contributed by atoms with Gasteiger partial charge in [-0.05, 0) is 44.9 Å². The molecule has 0 unspecified atom stereocenters. The molecule has 2 fully saturated rings. The Morgan fingerprint density at radius 3 is 2.39 bits per heavy atom. The first-order chi connectivity index (χ1) is 16.1. The van der Waals surface area contributed by atoms with Gasteiger partial charge in [-0.2, -0.15) is 9.97 Å². The van der Waals surface area contributed by atoms with E-state index in [9.17, 15) is 8.78 Å². The molecule has 3 heterocycles. The molecule has 0 bridgehead atoms. The van der Waals surface area contributed by atoms with Crippen LogP contribution in [0.4, 0.5) is 20.5 Å². The van der Waals surface area contributed by atoms with Gasteiger partial charge in [0.1, 0.15) is 11.6 Å². The predicted octanol–water partition coefficient (Wildman–Crippen LogP) is 3.53. The molecule has 176 valence electrons. The maximum Gasteiger partial charge on any atom is 0.296 e. The van der Waals surface area contributed by atoms with Gasteiger partial charge in [0.15, 0.2) is 5.82 Å². The van der Waals surface area contributed by atoms with Crippen molar-refractivity contribution in [1.82, 2.24) is 24.8 Å². The molecule has 0 amide bonds. The van der Waals surface area contributed by atoms with Gasteiger partial charge >= 0.3 is 0 Å². The Hall–Kier alpha value is -2.85. The first-order valence-electron chi connectivity index (χ1n) is 11.5. The molecule has 0 atom stereocenters. The minimum Gasteiger partial charge on any atom is -0.378 e. The third kappa shape index (κ3) is 4.63. The molecule has 10 heteroatoms. The number of rotatable bonds is 6. The van der Waals surface area contributed by atoms with Crippen LogP contribution in [0.5, 0.6) is 0 Å². The predicted molar refractivity (Wildman–Crippen MR) is 123 cm³/mol. The first-order valence-corrected chi connectivity index (χ1v) is 11.5. The van der Waals surface area contributed by atoms with Crippen molar-refractivity contribution < 1.29 is 13.5 Å². The van der Waals surface area contributed by atoms with E-state index >= 15 is 0 Å². The summed E-state index contributed by atoms with van der Waals surface area (Å²) in [5, 5.41) is 6.82. The number of hydrogen-bond donors (Lipinski definition) is 2. The molecule has 33 heavy (non-hydrogen) atoms. The second-order valence-electron chi connectivity index (χ2n) is 8.58. The van der Waals surface area contributed by atoms with Crippen LogP contribution < -0.4 is 15.5 Å². The van der Waals surface area contributed by atoms with E-state index in [0.29, 0.717) is 61.0 Å². The Kier molecular flexibility index (Phi) is 6.37. The molecule has 3 aromatic rings. The number of morpholine rings is 1. The number of benzene rings is 1. The highest BCUT2D eigenvalue weighted by Gasteiger charge is 2.25. The van der Waals surface area contributed by atoms with E-state index in [4.69, 9.17) is 14.7 Å². The molecule has 1 aliphatic carbocycles. The van der Waals surface area contributed by atoms with E-state index in [1.165, 1.54) is 4.57 Å². The van der Waals surface area contributed by atoms with Crippen LogP contribution in [0.25, 0.3) is 16.9 Å². The summed E-state index contributed by atoms with van der Waals surface area (Å²) in [6.07, 6.45) is 1.43. The van der Waals surface area contributed by atoms with Crippen LogP contribution in [0.15, 0.2) is 30.3 Å². The third-order valence-electron chi connectivity index (χ3n) is 6.51. The van der Waals surface area contributed by atoms with E-state index in [-0.39, 0.29) is 11.9 Å². The van der Waals surface area contributed by atoms with Gasteiger partial charge < -0.3 is 20.3 Å². The number of ether oxygens (including phenoxy) is 1. The van der Waals surface area contributed by atoms with Crippen LogP contribution in [0.1, 0.15) is 37.9 Å². The van der Waals surface area contributed by atoms with Crippen molar-refractivity contribution in [2.45, 2.75) is 44.2 Å². The van der Waals surface area contributed by atoms with Crippen molar-refractivity contribution in [2.75, 3.05) is 43.6 Å². The molecule has 8 nitrogen and oxygen atoms in total. The molecule has 0 radical (unpaired) electrons. The molecule has 2 N–H and O–H groups in total. The standard InChI is InChI=1S/C23H29F2N7O/c1-26-15-6-8-16(9-7-15)27-23-29-19(31-10-12-33-13-11-31)14-20(30-23)32-18-5-3-2-4-17(18)28-22(32)21(24)25/h2-5,14-16,21,26H,6-13H2,1H3,(H,27,29,30)/t15-,16-. The number of nitrogens with zero attached hydrogens (tertiary/aromatic N) is 5. The van der Waals surface area contributed by atoms with Crippen LogP contribution in [0, 0.1) is 0 Å². The number of imidazole rings is 1. The molecule has 2 aromatic heterocycles. The number of anilines is 2. The SMILES string of the molecule is CN[C@H]1CC[C@H](Nc2nc(N3CCOCC3)cc(-n3c(C(F)F)nc4ccccc43)n2)CC1. The smallest absolute Gasteiger partial charge is 0.296 e. The normalized spacial score (nSPS) is 21.6. The maximum atomic E-state index is 14.0. The van der Waals surface area contributed by atoms with Crippen molar-refractivity contribution in [3.8, 4) is 5.82 Å². The van der Waals surface area contributed by atoms with Crippen LogP contribution in [0.2, 0.25) is 0 Å². The molecule has 1 saturated carbocycles. The van der Waals surface area contributed by atoms with Crippen LogP contribution in [0.3, 0.4) is 0 Å². The molecule has 1 aliphatic heterocycles. The molecule has 0 spiro atoms. The van der Waals surface area contributed by atoms with Crippen molar-refractivity contribution in [2.24, 2.45) is 0 Å². The van der Waals surface area contributed by atoms with Gasteiger partial charge in [-0.1, -0.05) is 12.1 Å². The summed E-state index contributed by atoms with van der Waals surface area (Å²) >= 11 is 0. The Morgan fingerprint density at radius 2 is 1.67 bits per heavy atom.